The number of oxime groups is 1. The molecule has 5 nitrogen and oxygen atoms in total. The van der Waals surface area contributed by atoms with Gasteiger partial charge in [-0.15, -0.1) is 0 Å². The van der Waals surface area contributed by atoms with Crippen molar-refractivity contribution >= 4 is 12.2 Å². The van der Waals surface area contributed by atoms with Crippen LogP contribution in [0.4, 0.5) is 4.39 Å². The number of hydrogen-bond donors (Lipinski definition) is 1. The summed E-state index contributed by atoms with van der Waals surface area (Å²) in [6.07, 6.45) is 7.55. The number of nitrogens with zero attached hydrogens (tertiary/aromatic N) is 1. The Kier molecular flexibility index (Phi) is 5.91. The maximum atomic E-state index is 13.0. The molecule has 140 valence electrons. The summed E-state index contributed by atoms with van der Waals surface area (Å²) in [5.74, 6) is -0.501. The van der Waals surface area contributed by atoms with E-state index in [1.807, 2.05) is 0 Å². The summed E-state index contributed by atoms with van der Waals surface area (Å²) in [4.78, 5) is 17.3. The van der Waals surface area contributed by atoms with E-state index in [1.54, 1.807) is 18.3 Å². The zero-order valence-corrected chi connectivity index (χ0v) is 14.7. The summed E-state index contributed by atoms with van der Waals surface area (Å²) in [6, 6.07) is 6.16. The lowest BCUT2D eigenvalue weighted by atomic mass is 9.90. The van der Waals surface area contributed by atoms with Gasteiger partial charge in [0.2, 0.25) is 0 Å². The molecule has 0 unspecified atom stereocenters. The normalized spacial score (nSPS) is 19.3. The number of hydrogen-bond acceptors (Lipinski definition) is 5. The van der Waals surface area contributed by atoms with Crippen molar-refractivity contribution in [2.45, 2.75) is 63.6 Å². The van der Waals surface area contributed by atoms with Crippen molar-refractivity contribution in [3.63, 3.8) is 0 Å². The van der Waals surface area contributed by atoms with E-state index < -0.39 is 5.60 Å². The summed E-state index contributed by atoms with van der Waals surface area (Å²) >= 11 is 0. The van der Waals surface area contributed by atoms with E-state index in [9.17, 15) is 14.3 Å². The first-order valence-corrected chi connectivity index (χ1v) is 9.11. The molecule has 1 spiro atoms. The average Bonchev–Trinajstić information content (AvgIpc) is 3.03. The monoisotopic (exact) mass is 361 g/mol. The number of rotatable bonds is 7. The first-order valence-electron chi connectivity index (χ1n) is 9.11. The fourth-order valence-corrected chi connectivity index (χ4v) is 3.58. The Morgan fingerprint density at radius 2 is 2.15 bits per heavy atom. The summed E-state index contributed by atoms with van der Waals surface area (Å²) < 4.78 is 18.6. The van der Waals surface area contributed by atoms with Gasteiger partial charge in [-0.2, -0.15) is 0 Å². The van der Waals surface area contributed by atoms with Crippen LogP contribution < -0.4 is 0 Å². The van der Waals surface area contributed by atoms with Crippen molar-refractivity contribution in [1.82, 2.24) is 0 Å². The third-order valence-electron chi connectivity index (χ3n) is 4.94. The number of halogens is 1. The second-order valence-electron chi connectivity index (χ2n) is 6.97. The van der Waals surface area contributed by atoms with Gasteiger partial charge in [0.15, 0.2) is 0 Å². The molecule has 0 amide bonds. The van der Waals surface area contributed by atoms with Gasteiger partial charge in [-0.1, -0.05) is 17.3 Å². The van der Waals surface area contributed by atoms with Crippen molar-refractivity contribution in [3.8, 4) is 0 Å². The third kappa shape index (κ3) is 4.62. The molecule has 1 aromatic carbocycles. The molecule has 3 rings (SSSR count). The van der Waals surface area contributed by atoms with Crippen molar-refractivity contribution in [2.75, 3.05) is 0 Å². The standard InChI is InChI=1S/C20H24FNO4/c21-16-7-5-6-15(12-16)14-25-22-11-4-1-8-17-18(23)13-20(26-19(17)24)9-2-3-10-20/h5-7,11-12,23H,1-4,8-10,13-14H2. The number of esters is 1. The first-order chi connectivity index (χ1) is 12.6. The molecule has 2 aliphatic rings. The number of aliphatic hydroxyl groups excluding tert-OH is 1. The SMILES string of the molecule is O=C1OC2(CCCC2)CC(O)=C1CCCC=NOCc1cccc(F)c1. The Morgan fingerprint density at radius 1 is 1.35 bits per heavy atom. The van der Waals surface area contributed by atoms with Crippen LogP contribution in [-0.2, 0) is 21.0 Å². The van der Waals surface area contributed by atoms with Crippen LogP contribution in [0.15, 0.2) is 40.8 Å². The van der Waals surface area contributed by atoms with Crippen LogP contribution in [0.1, 0.15) is 56.9 Å². The Bertz CT molecular complexity index is 708. The van der Waals surface area contributed by atoms with Crippen LogP contribution in [0.25, 0.3) is 0 Å². The molecule has 0 radical (unpaired) electrons. The van der Waals surface area contributed by atoms with Gasteiger partial charge in [0.05, 0.1) is 5.57 Å². The van der Waals surface area contributed by atoms with E-state index in [-0.39, 0.29) is 24.2 Å². The highest BCUT2D eigenvalue weighted by molar-refractivity contribution is 5.90. The number of carbonyl (C=O) groups excluding carboxylic acids is 1. The topological polar surface area (TPSA) is 68.1 Å². The number of benzene rings is 1. The van der Waals surface area contributed by atoms with E-state index in [1.165, 1.54) is 12.1 Å². The number of aliphatic hydroxyl groups is 1. The van der Waals surface area contributed by atoms with Crippen molar-refractivity contribution in [2.24, 2.45) is 5.16 Å². The molecule has 0 atom stereocenters. The molecule has 1 aromatic rings. The second kappa shape index (κ2) is 8.34. The molecule has 0 aromatic heterocycles. The Labute approximate surface area is 152 Å². The summed E-state index contributed by atoms with van der Waals surface area (Å²) in [7, 11) is 0. The summed E-state index contributed by atoms with van der Waals surface area (Å²) in [5, 5.41) is 14.1. The van der Waals surface area contributed by atoms with Crippen LogP contribution in [-0.4, -0.2) is 22.9 Å². The summed E-state index contributed by atoms with van der Waals surface area (Å²) in [5.41, 5.74) is 0.635. The van der Waals surface area contributed by atoms with E-state index >= 15 is 0 Å². The second-order valence-corrected chi connectivity index (χ2v) is 6.97. The minimum atomic E-state index is -0.461. The molecule has 1 N–H and O–H groups in total. The smallest absolute Gasteiger partial charge is 0.337 e. The van der Waals surface area contributed by atoms with Gasteiger partial charge in [-0.25, -0.2) is 9.18 Å². The maximum Gasteiger partial charge on any atom is 0.337 e. The van der Waals surface area contributed by atoms with Crippen molar-refractivity contribution < 1.29 is 23.9 Å². The predicted molar refractivity (Wildman–Crippen MR) is 95.1 cm³/mol. The maximum absolute atomic E-state index is 13.0. The van der Waals surface area contributed by atoms with Crippen molar-refractivity contribution in [3.05, 3.63) is 47.0 Å². The van der Waals surface area contributed by atoms with E-state index in [0.717, 1.165) is 25.7 Å². The highest BCUT2D eigenvalue weighted by Crippen LogP contribution is 2.42. The molecular weight excluding hydrogens is 337 g/mol. The Morgan fingerprint density at radius 3 is 2.88 bits per heavy atom. The molecule has 1 heterocycles. The number of carbonyl (C=O) groups is 1. The molecule has 0 bridgehead atoms. The largest absolute Gasteiger partial charge is 0.512 e. The molecule has 1 saturated carbocycles. The summed E-state index contributed by atoms with van der Waals surface area (Å²) in [6.45, 7) is 0.203. The minimum absolute atomic E-state index is 0.183. The fraction of sp³-hybridized carbons (Fsp3) is 0.500. The van der Waals surface area contributed by atoms with Crippen LogP contribution in [0.3, 0.4) is 0 Å². The van der Waals surface area contributed by atoms with E-state index in [4.69, 9.17) is 9.57 Å². The van der Waals surface area contributed by atoms with Gasteiger partial charge in [-0.05, 0) is 62.6 Å². The lowest BCUT2D eigenvalue weighted by Crippen LogP contribution is -2.37. The van der Waals surface area contributed by atoms with Crippen molar-refractivity contribution in [1.29, 1.82) is 0 Å². The molecule has 1 aliphatic carbocycles. The highest BCUT2D eigenvalue weighted by atomic mass is 19.1. The van der Waals surface area contributed by atoms with Crippen LogP contribution >= 0.6 is 0 Å². The van der Waals surface area contributed by atoms with E-state index in [0.29, 0.717) is 36.8 Å². The van der Waals surface area contributed by atoms with Gasteiger partial charge in [0.1, 0.15) is 23.8 Å². The van der Waals surface area contributed by atoms with Gasteiger partial charge >= 0.3 is 5.97 Å². The van der Waals surface area contributed by atoms with Gasteiger partial charge in [0, 0.05) is 12.6 Å². The molecule has 1 fully saturated rings. The minimum Gasteiger partial charge on any atom is -0.512 e. The van der Waals surface area contributed by atoms with Gasteiger partial charge in [-0.3, -0.25) is 0 Å². The quantitative estimate of drug-likeness (QED) is 0.334. The number of unbranched alkanes of at least 4 members (excludes halogenated alkanes) is 1. The third-order valence-corrected chi connectivity index (χ3v) is 4.94. The Balaban J connectivity index is 1.39. The average molecular weight is 361 g/mol. The molecule has 1 aliphatic heterocycles. The molecule has 26 heavy (non-hydrogen) atoms. The van der Waals surface area contributed by atoms with Crippen LogP contribution in [0.5, 0.6) is 0 Å². The molecule has 0 saturated heterocycles. The Hall–Kier alpha value is -2.37. The number of ether oxygens (including phenoxy) is 1. The first kappa shape index (κ1) is 18.4. The molecule has 6 heteroatoms. The lowest BCUT2D eigenvalue weighted by molar-refractivity contribution is -0.158. The van der Waals surface area contributed by atoms with Gasteiger partial charge < -0.3 is 14.7 Å². The van der Waals surface area contributed by atoms with Gasteiger partial charge in [0.25, 0.3) is 0 Å². The highest BCUT2D eigenvalue weighted by Gasteiger charge is 2.43. The zero-order chi connectivity index (χ0) is 18.4. The molecular formula is C20H24FNO4. The fourth-order valence-electron chi connectivity index (χ4n) is 3.58. The van der Waals surface area contributed by atoms with Crippen LogP contribution in [0, 0.1) is 5.82 Å². The predicted octanol–water partition coefficient (Wildman–Crippen LogP) is 4.57. The van der Waals surface area contributed by atoms with E-state index in [2.05, 4.69) is 5.16 Å². The lowest BCUT2D eigenvalue weighted by Gasteiger charge is -2.33. The van der Waals surface area contributed by atoms with Crippen LogP contribution in [0.2, 0.25) is 0 Å². The zero-order valence-electron chi connectivity index (χ0n) is 14.7.